The molecule has 0 fully saturated rings. The van der Waals surface area contributed by atoms with Crippen molar-refractivity contribution in [2.75, 3.05) is 0 Å². The largest absolute Gasteiger partial charge is 0.439 e. The molecule has 4 heteroatoms. The predicted molar refractivity (Wildman–Crippen MR) is 75.0 cm³/mol. The van der Waals surface area contributed by atoms with E-state index in [2.05, 4.69) is 45.0 Å². The van der Waals surface area contributed by atoms with Crippen LogP contribution in [0.5, 0.6) is 11.6 Å². The second-order valence-electron chi connectivity index (χ2n) is 3.90. The molecule has 0 saturated carbocycles. The summed E-state index contributed by atoms with van der Waals surface area (Å²) in [5.74, 6) is 2.13. The smallest absolute Gasteiger partial charge is 0.223 e. The highest BCUT2D eigenvalue weighted by atomic mass is 79.9. The van der Waals surface area contributed by atoms with E-state index in [-0.39, 0.29) is 0 Å². The molecule has 18 heavy (non-hydrogen) atoms. The summed E-state index contributed by atoms with van der Waals surface area (Å²) >= 11 is 3.36. The fourth-order valence-corrected chi connectivity index (χ4v) is 1.97. The number of aromatic nitrogens is 2. The highest BCUT2D eigenvalue weighted by molar-refractivity contribution is 9.10. The summed E-state index contributed by atoms with van der Waals surface area (Å²) in [7, 11) is 0. The summed E-state index contributed by atoms with van der Waals surface area (Å²) < 4.78 is 6.46. The molecule has 0 amide bonds. The minimum Gasteiger partial charge on any atom is -0.439 e. The van der Waals surface area contributed by atoms with Crippen molar-refractivity contribution < 1.29 is 4.74 Å². The molecule has 0 saturated heterocycles. The Morgan fingerprint density at radius 3 is 2.39 bits per heavy atom. The molecule has 0 N–H and O–H groups in total. The number of halogens is 1. The van der Waals surface area contributed by atoms with Gasteiger partial charge in [0.25, 0.3) is 0 Å². The molecule has 1 aromatic carbocycles. The van der Waals surface area contributed by atoms with E-state index < -0.39 is 0 Å². The van der Waals surface area contributed by atoms with Crippen LogP contribution in [0.2, 0.25) is 0 Å². The molecule has 0 spiro atoms. The van der Waals surface area contributed by atoms with E-state index in [1.54, 1.807) is 6.07 Å². The van der Waals surface area contributed by atoms with Crippen molar-refractivity contribution in [3.8, 4) is 11.6 Å². The Morgan fingerprint density at radius 2 is 1.78 bits per heavy atom. The van der Waals surface area contributed by atoms with E-state index in [1.807, 2.05) is 19.1 Å². The first-order valence-corrected chi connectivity index (χ1v) is 6.80. The minimum absolute atomic E-state index is 0.568. The number of rotatable bonds is 4. The van der Waals surface area contributed by atoms with Crippen LogP contribution in [0, 0.1) is 0 Å². The van der Waals surface area contributed by atoms with E-state index in [1.165, 1.54) is 5.56 Å². The van der Waals surface area contributed by atoms with E-state index in [0.717, 1.165) is 29.0 Å². The van der Waals surface area contributed by atoms with Gasteiger partial charge in [0.15, 0.2) is 0 Å². The van der Waals surface area contributed by atoms with Gasteiger partial charge in [-0.2, -0.15) is 4.98 Å². The molecule has 0 aliphatic rings. The lowest BCUT2D eigenvalue weighted by atomic mass is 10.2. The van der Waals surface area contributed by atoms with Crippen LogP contribution in [-0.2, 0) is 12.8 Å². The molecule has 0 aliphatic heterocycles. The van der Waals surface area contributed by atoms with E-state index in [9.17, 15) is 0 Å². The van der Waals surface area contributed by atoms with Crippen LogP contribution < -0.4 is 4.74 Å². The minimum atomic E-state index is 0.568. The zero-order chi connectivity index (χ0) is 13.0. The standard InChI is InChI=1S/C14H15BrN2O/c1-3-10-5-7-11(8-6-10)18-14-9-12(15)16-13(4-2)17-14/h5-9H,3-4H2,1-2H3. The fourth-order valence-electron chi connectivity index (χ4n) is 1.57. The van der Waals surface area contributed by atoms with Gasteiger partial charge in [0.1, 0.15) is 16.2 Å². The molecule has 0 aliphatic carbocycles. The Morgan fingerprint density at radius 1 is 1.06 bits per heavy atom. The van der Waals surface area contributed by atoms with Crippen LogP contribution in [0.15, 0.2) is 34.9 Å². The van der Waals surface area contributed by atoms with Gasteiger partial charge in [-0.1, -0.05) is 26.0 Å². The summed E-state index contributed by atoms with van der Waals surface area (Å²) in [6.07, 6.45) is 1.81. The maximum atomic E-state index is 5.72. The van der Waals surface area contributed by atoms with Crippen molar-refractivity contribution in [2.24, 2.45) is 0 Å². The summed E-state index contributed by atoms with van der Waals surface area (Å²) in [4.78, 5) is 8.57. The SMILES string of the molecule is CCc1ccc(Oc2cc(Br)nc(CC)n2)cc1. The van der Waals surface area contributed by atoms with Crippen molar-refractivity contribution in [2.45, 2.75) is 26.7 Å². The third-order valence-electron chi connectivity index (χ3n) is 2.59. The van der Waals surface area contributed by atoms with Crippen LogP contribution in [0.3, 0.4) is 0 Å². The molecule has 1 aromatic heterocycles. The molecule has 2 rings (SSSR count). The summed E-state index contributed by atoms with van der Waals surface area (Å²) in [6, 6.07) is 9.81. The molecule has 0 atom stereocenters. The van der Waals surface area contributed by atoms with Gasteiger partial charge in [-0.05, 0) is 40.0 Å². The zero-order valence-electron chi connectivity index (χ0n) is 10.5. The van der Waals surface area contributed by atoms with Crippen molar-refractivity contribution in [3.63, 3.8) is 0 Å². The fraction of sp³-hybridized carbons (Fsp3) is 0.286. The summed E-state index contributed by atoms with van der Waals surface area (Å²) in [5.41, 5.74) is 1.29. The lowest BCUT2D eigenvalue weighted by Crippen LogP contribution is -1.96. The van der Waals surface area contributed by atoms with Gasteiger partial charge in [-0.3, -0.25) is 0 Å². The van der Waals surface area contributed by atoms with E-state index in [4.69, 9.17) is 4.74 Å². The summed E-state index contributed by atoms with van der Waals surface area (Å²) in [6.45, 7) is 4.15. The van der Waals surface area contributed by atoms with Gasteiger partial charge in [-0.25, -0.2) is 4.98 Å². The predicted octanol–water partition coefficient (Wildman–Crippen LogP) is 4.16. The van der Waals surface area contributed by atoms with Crippen molar-refractivity contribution in [3.05, 3.63) is 46.3 Å². The number of hydrogen-bond donors (Lipinski definition) is 0. The molecule has 0 radical (unpaired) electrons. The Kier molecular flexibility index (Phi) is 4.31. The Bertz CT molecular complexity index is 526. The lowest BCUT2D eigenvalue weighted by molar-refractivity contribution is 0.458. The van der Waals surface area contributed by atoms with E-state index >= 15 is 0 Å². The Hall–Kier alpha value is -1.42. The third-order valence-corrected chi connectivity index (χ3v) is 2.99. The molecule has 1 heterocycles. The van der Waals surface area contributed by atoms with Crippen LogP contribution >= 0.6 is 15.9 Å². The van der Waals surface area contributed by atoms with Gasteiger partial charge in [-0.15, -0.1) is 0 Å². The Labute approximate surface area is 115 Å². The van der Waals surface area contributed by atoms with Crippen LogP contribution in [-0.4, -0.2) is 9.97 Å². The number of benzene rings is 1. The van der Waals surface area contributed by atoms with Gasteiger partial charge < -0.3 is 4.74 Å². The normalized spacial score (nSPS) is 10.4. The molecule has 2 aromatic rings. The van der Waals surface area contributed by atoms with Crippen LogP contribution in [0.25, 0.3) is 0 Å². The van der Waals surface area contributed by atoms with Gasteiger partial charge in [0, 0.05) is 12.5 Å². The van der Waals surface area contributed by atoms with Gasteiger partial charge >= 0.3 is 0 Å². The highest BCUT2D eigenvalue weighted by Crippen LogP contribution is 2.22. The highest BCUT2D eigenvalue weighted by Gasteiger charge is 2.04. The van der Waals surface area contributed by atoms with Crippen molar-refractivity contribution in [1.29, 1.82) is 0 Å². The summed E-state index contributed by atoms with van der Waals surface area (Å²) in [5, 5.41) is 0. The number of ether oxygens (including phenoxy) is 1. The number of nitrogens with zero attached hydrogens (tertiary/aromatic N) is 2. The molecule has 0 bridgehead atoms. The molecular formula is C14H15BrN2O. The second kappa shape index (κ2) is 5.96. The maximum absolute atomic E-state index is 5.72. The van der Waals surface area contributed by atoms with Gasteiger partial charge in [0.2, 0.25) is 5.88 Å². The van der Waals surface area contributed by atoms with Crippen LogP contribution in [0.4, 0.5) is 0 Å². The maximum Gasteiger partial charge on any atom is 0.223 e. The first-order valence-electron chi connectivity index (χ1n) is 6.01. The third kappa shape index (κ3) is 3.29. The Balaban J connectivity index is 2.19. The average Bonchev–Trinajstić information content (AvgIpc) is 2.39. The second-order valence-corrected chi connectivity index (χ2v) is 4.71. The number of aryl methyl sites for hydroxylation is 2. The molecule has 94 valence electrons. The molecular weight excluding hydrogens is 292 g/mol. The number of hydrogen-bond acceptors (Lipinski definition) is 3. The van der Waals surface area contributed by atoms with Gasteiger partial charge in [0.05, 0.1) is 0 Å². The average molecular weight is 307 g/mol. The van der Waals surface area contributed by atoms with Crippen molar-refractivity contribution in [1.82, 2.24) is 9.97 Å². The topological polar surface area (TPSA) is 35.0 Å². The van der Waals surface area contributed by atoms with Crippen molar-refractivity contribution >= 4 is 15.9 Å². The zero-order valence-corrected chi connectivity index (χ0v) is 12.1. The monoisotopic (exact) mass is 306 g/mol. The van der Waals surface area contributed by atoms with Crippen LogP contribution in [0.1, 0.15) is 25.2 Å². The first-order chi connectivity index (χ1) is 8.71. The first kappa shape index (κ1) is 13.0. The van der Waals surface area contributed by atoms with E-state index in [0.29, 0.717) is 5.88 Å². The molecule has 0 unspecified atom stereocenters. The quantitative estimate of drug-likeness (QED) is 0.796. The lowest BCUT2D eigenvalue weighted by Gasteiger charge is -2.07. The molecule has 3 nitrogen and oxygen atoms in total.